The van der Waals surface area contributed by atoms with Gasteiger partial charge in [-0.25, -0.2) is 23.3 Å². The van der Waals surface area contributed by atoms with Crippen molar-refractivity contribution in [2.75, 3.05) is 7.11 Å². The fourth-order valence-corrected chi connectivity index (χ4v) is 4.04. The summed E-state index contributed by atoms with van der Waals surface area (Å²) in [5.74, 6) is -0.769. The van der Waals surface area contributed by atoms with Crippen molar-refractivity contribution in [2.45, 2.75) is 18.4 Å². The molecule has 142 valence electrons. The molecule has 0 amide bonds. The van der Waals surface area contributed by atoms with E-state index in [0.29, 0.717) is 4.96 Å². The highest BCUT2D eigenvalue weighted by Gasteiger charge is 2.19. The minimum Gasteiger partial charge on any atom is -0.495 e. The van der Waals surface area contributed by atoms with Gasteiger partial charge in [0.1, 0.15) is 17.3 Å². The molecule has 0 aliphatic carbocycles. The number of esters is 1. The molecule has 3 rings (SSSR count). The lowest BCUT2D eigenvalue weighted by Crippen LogP contribution is -2.17. The van der Waals surface area contributed by atoms with Crippen LogP contribution in [0.15, 0.2) is 39.3 Å². The summed E-state index contributed by atoms with van der Waals surface area (Å²) in [4.78, 5) is 28.8. The number of thiazole rings is 1. The molecular weight excluding hydrogens is 394 g/mol. The van der Waals surface area contributed by atoms with Crippen molar-refractivity contribution in [1.82, 2.24) is 9.38 Å². The zero-order chi connectivity index (χ0) is 19.8. The smallest absolute Gasteiger partial charge is 0.338 e. The maximum absolute atomic E-state index is 12.2. The molecule has 11 heteroatoms. The van der Waals surface area contributed by atoms with Crippen molar-refractivity contribution in [3.05, 3.63) is 57.0 Å². The van der Waals surface area contributed by atoms with E-state index in [-0.39, 0.29) is 34.1 Å². The molecular formula is C16H15N3O6S2. The van der Waals surface area contributed by atoms with Gasteiger partial charge in [-0.1, -0.05) is 0 Å². The number of hydrogen-bond acceptors (Lipinski definition) is 8. The van der Waals surface area contributed by atoms with E-state index >= 15 is 0 Å². The zero-order valence-electron chi connectivity index (χ0n) is 14.3. The minimum atomic E-state index is -4.08. The molecule has 9 nitrogen and oxygen atoms in total. The minimum absolute atomic E-state index is 0.0160. The van der Waals surface area contributed by atoms with Crippen LogP contribution in [0.3, 0.4) is 0 Å². The van der Waals surface area contributed by atoms with Crippen molar-refractivity contribution in [2.24, 2.45) is 5.14 Å². The van der Waals surface area contributed by atoms with Gasteiger partial charge >= 0.3 is 5.97 Å². The molecule has 2 heterocycles. The molecule has 0 saturated carbocycles. The van der Waals surface area contributed by atoms with E-state index in [1.54, 1.807) is 12.3 Å². The Morgan fingerprint density at radius 3 is 2.74 bits per heavy atom. The second-order valence-electron chi connectivity index (χ2n) is 5.57. The number of sulfonamides is 1. The van der Waals surface area contributed by atoms with E-state index < -0.39 is 16.0 Å². The number of primary sulfonamides is 1. The first-order valence-electron chi connectivity index (χ1n) is 7.55. The largest absolute Gasteiger partial charge is 0.495 e. The summed E-state index contributed by atoms with van der Waals surface area (Å²) in [6, 6.07) is 5.01. The third-order valence-electron chi connectivity index (χ3n) is 3.69. The average Bonchev–Trinajstić information content (AvgIpc) is 2.99. The van der Waals surface area contributed by atoms with Gasteiger partial charge in [-0.2, -0.15) is 0 Å². The number of ether oxygens (including phenoxy) is 2. The van der Waals surface area contributed by atoms with Crippen molar-refractivity contribution < 1.29 is 22.7 Å². The number of hydrogen-bond donors (Lipinski definition) is 1. The van der Waals surface area contributed by atoms with Crippen molar-refractivity contribution in [1.29, 1.82) is 0 Å². The molecule has 0 radical (unpaired) electrons. The summed E-state index contributed by atoms with van der Waals surface area (Å²) in [6.07, 6.45) is 0. The number of methoxy groups -OCH3 is 1. The number of fused-ring (bicyclic) bond motifs is 1. The van der Waals surface area contributed by atoms with Crippen LogP contribution in [0.4, 0.5) is 0 Å². The normalized spacial score (nSPS) is 11.5. The van der Waals surface area contributed by atoms with E-state index in [0.717, 1.165) is 11.8 Å². The highest BCUT2D eigenvalue weighted by molar-refractivity contribution is 7.89. The summed E-state index contributed by atoms with van der Waals surface area (Å²) in [7, 11) is -2.80. The van der Waals surface area contributed by atoms with Crippen LogP contribution in [-0.2, 0) is 21.4 Å². The average molecular weight is 409 g/mol. The molecule has 0 spiro atoms. The van der Waals surface area contributed by atoms with Gasteiger partial charge in [0, 0.05) is 17.1 Å². The number of benzene rings is 1. The maximum atomic E-state index is 12.2. The van der Waals surface area contributed by atoms with E-state index in [2.05, 4.69) is 4.98 Å². The van der Waals surface area contributed by atoms with Crippen LogP contribution in [0.1, 0.15) is 21.7 Å². The lowest BCUT2D eigenvalue weighted by Gasteiger charge is -2.09. The fourth-order valence-electron chi connectivity index (χ4n) is 2.42. The molecule has 2 aromatic heterocycles. The number of aryl methyl sites for hydroxylation is 1. The van der Waals surface area contributed by atoms with E-state index in [1.165, 1.54) is 41.0 Å². The number of aromatic nitrogens is 2. The first kappa shape index (κ1) is 19.0. The first-order valence-corrected chi connectivity index (χ1v) is 9.98. The highest BCUT2D eigenvalue weighted by Crippen LogP contribution is 2.24. The van der Waals surface area contributed by atoms with Crippen LogP contribution in [-0.4, -0.2) is 30.9 Å². The lowest BCUT2D eigenvalue weighted by molar-refractivity contribution is 0.0467. The lowest BCUT2D eigenvalue weighted by atomic mass is 10.2. The number of nitrogens with zero attached hydrogens (tertiary/aromatic N) is 2. The van der Waals surface area contributed by atoms with Crippen LogP contribution in [0.25, 0.3) is 4.96 Å². The van der Waals surface area contributed by atoms with Gasteiger partial charge in [0.15, 0.2) is 4.96 Å². The van der Waals surface area contributed by atoms with Gasteiger partial charge in [0.25, 0.3) is 5.56 Å². The molecule has 0 unspecified atom stereocenters. The predicted molar refractivity (Wildman–Crippen MR) is 97.6 cm³/mol. The first-order chi connectivity index (χ1) is 12.7. The molecule has 0 bridgehead atoms. The van der Waals surface area contributed by atoms with E-state index in [4.69, 9.17) is 14.6 Å². The number of carbonyl (C=O) groups is 1. The quantitative estimate of drug-likeness (QED) is 0.624. The van der Waals surface area contributed by atoms with Gasteiger partial charge in [0.05, 0.1) is 18.4 Å². The van der Waals surface area contributed by atoms with Gasteiger partial charge in [-0.05, 0) is 25.1 Å². The standard InChI is InChI=1S/C16H15N3O6S2/c1-9-8-26-16-18-11(6-14(20)19(9)16)7-25-15(21)10-3-4-12(24-2)13(5-10)27(17,22)23/h3-6,8H,7H2,1-2H3,(H2,17,22,23). The van der Waals surface area contributed by atoms with Gasteiger partial charge in [-0.3, -0.25) is 9.20 Å². The zero-order valence-corrected chi connectivity index (χ0v) is 16.0. The molecule has 27 heavy (non-hydrogen) atoms. The second-order valence-corrected chi connectivity index (χ2v) is 7.93. The maximum Gasteiger partial charge on any atom is 0.338 e. The van der Waals surface area contributed by atoms with Gasteiger partial charge < -0.3 is 9.47 Å². The van der Waals surface area contributed by atoms with E-state index in [1.807, 2.05) is 0 Å². The summed E-state index contributed by atoms with van der Waals surface area (Å²) < 4.78 is 34.8. The second kappa shape index (κ2) is 7.10. The Bertz CT molecular complexity index is 1200. The molecule has 0 fully saturated rings. The Morgan fingerprint density at radius 2 is 2.07 bits per heavy atom. The summed E-state index contributed by atoms with van der Waals surface area (Å²) in [6.45, 7) is 1.55. The SMILES string of the molecule is COc1ccc(C(=O)OCc2cc(=O)n3c(C)csc3n2)cc1S(N)(=O)=O. The molecule has 0 atom stereocenters. The third-order valence-corrected chi connectivity index (χ3v) is 5.56. The molecule has 0 aliphatic heterocycles. The summed E-state index contributed by atoms with van der Waals surface area (Å²) >= 11 is 1.30. The summed E-state index contributed by atoms with van der Waals surface area (Å²) in [5, 5.41) is 6.93. The fraction of sp³-hybridized carbons (Fsp3) is 0.188. The number of nitrogens with two attached hydrogens (primary N) is 1. The Hall–Kier alpha value is -2.76. The molecule has 2 N–H and O–H groups in total. The Labute approximate surface area is 158 Å². The highest BCUT2D eigenvalue weighted by atomic mass is 32.2. The van der Waals surface area contributed by atoms with Crippen LogP contribution in [0, 0.1) is 6.92 Å². The molecule has 0 saturated heterocycles. The monoisotopic (exact) mass is 409 g/mol. The van der Waals surface area contributed by atoms with Crippen LogP contribution in [0.2, 0.25) is 0 Å². The molecule has 3 aromatic rings. The van der Waals surface area contributed by atoms with Crippen LogP contribution in [0.5, 0.6) is 5.75 Å². The number of rotatable bonds is 5. The van der Waals surface area contributed by atoms with Crippen molar-refractivity contribution in [3.63, 3.8) is 0 Å². The Morgan fingerprint density at radius 1 is 1.33 bits per heavy atom. The van der Waals surface area contributed by atoms with Crippen LogP contribution < -0.4 is 15.4 Å². The van der Waals surface area contributed by atoms with E-state index in [9.17, 15) is 18.0 Å². The van der Waals surface area contributed by atoms with Crippen molar-refractivity contribution in [3.8, 4) is 5.75 Å². The summed E-state index contributed by atoms with van der Waals surface area (Å²) in [5.41, 5.74) is 0.760. The number of carbonyl (C=O) groups excluding carboxylic acids is 1. The van der Waals surface area contributed by atoms with Gasteiger partial charge in [0.2, 0.25) is 10.0 Å². The topological polar surface area (TPSA) is 130 Å². The third kappa shape index (κ3) is 3.84. The van der Waals surface area contributed by atoms with Gasteiger partial charge in [-0.15, -0.1) is 11.3 Å². The molecule has 0 aliphatic rings. The van der Waals surface area contributed by atoms with Crippen molar-refractivity contribution >= 4 is 32.3 Å². The Kier molecular flexibility index (Phi) is 5.00. The predicted octanol–water partition coefficient (Wildman–Crippen LogP) is 1.08. The Balaban J connectivity index is 1.83. The molecule has 1 aromatic carbocycles. The van der Waals surface area contributed by atoms with Crippen LogP contribution >= 0.6 is 11.3 Å².